The third-order valence-corrected chi connectivity index (χ3v) is 8.69. The zero-order valence-corrected chi connectivity index (χ0v) is 22.9. The Hall–Kier alpha value is -5.08. The number of phenols is 1. The highest BCUT2D eigenvalue weighted by atomic mass is 32.2. The number of fused-ring (bicyclic) bond motifs is 2. The largest absolute Gasteiger partial charge is 0.507 e. The Morgan fingerprint density at radius 3 is 2.07 bits per heavy atom. The number of nitrogens with zero attached hydrogens (tertiary/aromatic N) is 1. The van der Waals surface area contributed by atoms with Gasteiger partial charge in [0.05, 0.1) is 22.9 Å². The Labute approximate surface area is 237 Å². The van der Waals surface area contributed by atoms with Crippen LogP contribution in [0.3, 0.4) is 0 Å². The number of phenolic OH excluding ortho intramolecular Hbond substituents is 1. The molecular weight excluding hydrogens is 536 g/mol. The van der Waals surface area contributed by atoms with Crippen molar-refractivity contribution in [1.29, 1.82) is 0 Å². The third kappa shape index (κ3) is 4.58. The minimum atomic E-state index is -4.32. The van der Waals surface area contributed by atoms with Gasteiger partial charge in [0.15, 0.2) is 5.69 Å². The van der Waals surface area contributed by atoms with Gasteiger partial charge >= 0.3 is 5.97 Å². The van der Waals surface area contributed by atoms with E-state index >= 15 is 0 Å². The minimum absolute atomic E-state index is 0.00897. The van der Waals surface area contributed by atoms with Crippen LogP contribution in [-0.4, -0.2) is 31.1 Å². The van der Waals surface area contributed by atoms with Crippen molar-refractivity contribution in [1.82, 2.24) is 4.98 Å². The van der Waals surface area contributed by atoms with E-state index in [-0.39, 0.29) is 34.3 Å². The predicted octanol–water partition coefficient (Wildman–Crippen LogP) is 7.40. The second kappa shape index (κ2) is 10.5. The van der Waals surface area contributed by atoms with Gasteiger partial charge in [-0.05, 0) is 48.4 Å². The normalized spacial score (nSPS) is 11.5. The van der Waals surface area contributed by atoms with E-state index in [1.807, 2.05) is 30.3 Å². The molecule has 0 bridgehead atoms. The molecule has 0 saturated carbocycles. The zero-order valence-electron chi connectivity index (χ0n) is 22.1. The number of aromatic hydroxyl groups is 1. The number of para-hydroxylation sites is 1. The number of carbonyl (C=O) groups excluding carboxylic acids is 1. The molecule has 2 N–H and O–H groups in total. The third-order valence-electron chi connectivity index (χ3n) is 6.96. The fraction of sp³-hybridized carbons (Fsp3) is 0.0606. The van der Waals surface area contributed by atoms with Gasteiger partial charge in [0.25, 0.3) is 10.0 Å². The molecule has 5 aromatic carbocycles. The van der Waals surface area contributed by atoms with Gasteiger partial charge in [-0.25, -0.2) is 17.5 Å². The maximum absolute atomic E-state index is 14.7. The molecule has 41 heavy (non-hydrogen) atoms. The first-order valence-corrected chi connectivity index (χ1v) is 14.5. The molecule has 0 unspecified atom stereocenters. The van der Waals surface area contributed by atoms with Crippen LogP contribution >= 0.6 is 0 Å². The first-order chi connectivity index (χ1) is 19.9. The zero-order chi connectivity index (χ0) is 28.6. The number of aromatic nitrogens is 1. The smallest absolute Gasteiger partial charge is 0.356 e. The van der Waals surface area contributed by atoms with Crippen molar-refractivity contribution in [2.45, 2.75) is 11.8 Å². The van der Waals surface area contributed by atoms with Crippen molar-refractivity contribution in [3.05, 3.63) is 121 Å². The second-order valence-electron chi connectivity index (χ2n) is 9.42. The van der Waals surface area contributed by atoms with Gasteiger partial charge in [0.2, 0.25) is 0 Å². The maximum atomic E-state index is 14.7. The number of nitrogens with one attached hydrogen (secondary N) is 1. The number of hydrogen-bond acceptors (Lipinski definition) is 5. The molecule has 0 amide bonds. The van der Waals surface area contributed by atoms with Gasteiger partial charge in [-0.1, -0.05) is 84.9 Å². The monoisotopic (exact) mass is 562 g/mol. The van der Waals surface area contributed by atoms with E-state index < -0.39 is 16.0 Å². The maximum Gasteiger partial charge on any atom is 0.356 e. The van der Waals surface area contributed by atoms with E-state index in [1.165, 1.54) is 10.4 Å². The number of ether oxygens (including phenoxy) is 1. The van der Waals surface area contributed by atoms with Crippen molar-refractivity contribution in [3.8, 4) is 16.9 Å². The lowest BCUT2D eigenvalue weighted by atomic mass is 10.1. The van der Waals surface area contributed by atoms with Crippen LogP contribution in [0.1, 0.15) is 17.4 Å². The summed E-state index contributed by atoms with van der Waals surface area (Å²) in [5, 5.41) is 12.1. The Morgan fingerprint density at radius 1 is 0.756 bits per heavy atom. The fourth-order valence-corrected chi connectivity index (χ4v) is 6.60. The first-order valence-electron chi connectivity index (χ1n) is 13.1. The lowest BCUT2D eigenvalue weighted by molar-refractivity contribution is 0.0521. The van der Waals surface area contributed by atoms with E-state index in [4.69, 9.17) is 4.74 Å². The second-order valence-corrected chi connectivity index (χ2v) is 11.2. The number of anilines is 2. The van der Waals surface area contributed by atoms with Gasteiger partial charge < -0.3 is 14.8 Å². The molecule has 0 fully saturated rings. The molecule has 7 nitrogen and oxygen atoms in total. The van der Waals surface area contributed by atoms with Crippen molar-refractivity contribution >= 4 is 49.0 Å². The summed E-state index contributed by atoms with van der Waals surface area (Å²) in [7, 11) is -4.32. The minimum Gasteiger partial charge on any atom is -0.507 e. The first kappa shape index (κ1) is 26.2. The topological polar surface area (TPSA) is 99.7 Å². The van der Waals surface area contributed by atoms with Gasteiger partial charge in [-0.15, -0.1) is 0 Å². The molecule has 0 aliphatic rings. The summed E-state index contributed by atoms with van der Waals surface area (Å²) in [5.74, 6) is -0.667. The van der Waals surface area contributed by atoms with Gasteiger partial charge in [0.1, 0.15) is 5.75 Å². The van der Waals surface area contributed by atoms with Crippen LogP contribution in [-0.2, 0) is 14.8 Å². The molecule has 6 aromatic rings. The summed E-state index contributed by atoms with van der Waals surface area (Å²) < 4.78 is 35.9. The van der Waals surface area contributed by atoms with Crippen LogP contribution in [0.4, 0.5) is 11.4 Å². The molecule has 8 heteroatoms. The number of carbonyl (C=O) groups is 1. The van der Waals surface area contributed by atoms with Crippen molar-refractivity contribution < 1.29 is 23.1 Å². The van der Waals surface area contributed by atoms with Crippen molar-refractivity contribution in [3.63, 3.8) is 0 Å². The summed E-state index contributed by atoms with van der Waals surface area (Å²) >= 11 is 0. The average molecular weight is 563 g/mol. The Kier molecular flexibility index (Phi) is 6.69. The number of benzene rings is 5. The lowest BCUT2D eigenvalue weighted by Gasteiger charge is -2.27. The van der Waals surface area contributed by atoms with Crippen LogP contribution in [0, 0.1) is 0 Å². The summed E-state index contributed by atoms with van der Waals surface area (Å²) in [6.45, 7) is 1.81. The molecular formula is C33H26N2O5S. The molecule has 204 valence electrons. The lowest BCUT2D eigenvalue weighted by Crippen LogP contribution is -2.28. The number of H-pyrrole nitrogens is 1. The number of rotatable bonds is 7. The SMILES string of the molecule is CCOC(=O)c1[nH]c2ccccc2c1N(c1ccc(O)c2ccccc12)S(=O)(=O)c1ccc(-c2ccccc2)cc1. The summed E-state index contributed by atoms with van der Waals surface area (Å²) in [6, 6.07) is 33.4. The molecule has 0 aliphatic carbocycles. The number of sulfonamides is 1. The highest BCUT2D eigenvalue weighted by Gasteiger charge is 2.35. The standard InChI is InChI=1S/C33H26N2O5S/c1-2-40-33(37)31-32(27-14-8-9-15-28(27)34-31)35(29-20-21-30(36)26-13-7-6-12-25(26)29)41(38,39)24-18-16-23(17-19-24)22-10-4-3-5-11-22/h3-21,34,36H,2H2,1H3. The quantitative estimate of drug-likeness (QED) is 0.198. The predicted molar refractivity (Wildman–Crippen MR) is 161 cm³/mol. The van der Waals surface area contributed by atoms with Crippen molar-refractivity contribution in [2.24, 2.45) is 0 Å². The van der Waals surface area contributed by atoms with E-state index in [9.17, 15) is 18.3 Å². The van der Waals surface area contributed by atoms with Gasteiger partial charge in [-0.2, -0.15) is 0 Å². The molecule has 1 heterocycles. The molecule has 0 saturated heterocycles. The van der Waals surface area contributed by atoms with E-state index in [0.717, 1.165) is 11.1 Å². The summed E-state index contributed by atoms with van der Waals surface area (Å²) in [4.78, 5) is 16.4. The van der Waals surface area contributed by atoms with Gasteiger partial charge in [-0.3, -0.25) is 0 Å². The molecule has 6 rings (SSSR count). The van der Waals surface area contributed by atoms with Crippen molar-refractivity contribution in [2.75, 3.05) is 10.9 Å². The van der Waals surface area contributed by atoms with E-state index in [1.54, 1.807) is 85.8 Å². The number of aromatic amines is 1. The highest BCUT2D eigenvalue weighted by Crippen LogP contribution is 2.44. The average Bonchev–Trinajstić information content (AvgIpc) is 3.38. The Bertz CT molecular complexity index is 2000. The van der Waals surface area contributed by atoms with Gasteiger partial charge in [0, 0.05) is 21.7 Å². The fourth-order valence-electron chi connectivity index (χ4n) is 5.06. The Morgan fingerprint density at radius 2 is 1.37 bits per heavy atom. The molecule has 0 spiro atoms. The molecule has 0 radical (unpaired) electrons. The van der Waals surface area contributed by atoms with Crippen LogP contribution < -0.4 is 4.31 Å². The summed E-state index contributed by atoms with van der Waals surface area (Å²) in [5.41, 5.74) is 2.83. The summed E-state index contributed by atoms with van der Waals surface area (Å²) in [6.07, 6.45) is 0. The highest BCUT2D eigenvalue weighted by molar-refractivity contribution is 7.93. The Balaban J connectivity index is 1.64. The molecule has 0 aliphatic heterocycles. The van der Waals surface area contributed by atoms with E-state index in [0.29, 0.717) is 21.7 Å². The number of hydrogen-bond donors (Lipinski definition) is 2. The number of esters is 1. The van der Waals surface area contributed by atoms with Crippen LogP contribution in [0.2, 0.25) is 0 Å². The molecule has 0 atom stereocenters. The van der Waals surface area contributed by atoms with E-state index in [2.05, 4.69) is 4.98 Å². The molecule has 1 aromatic heterocycles. The van der Waals surface area contributed by atoms with Crippen LogP contribution in [0.5, 0.6) is 5.75 Å². The van der Waals surface area contributed by atoms with Crippen LogP contribution in [0.25, 0.3) is 32.8 Å². The van der Waals surface area contributed by atoms with Crippen LogP contribution in [0.15, 0.2) is 120 Å².